The van der Waals surface area contributed by atoms with Crippen molar-refractivity contribution in [1.82, 2.24) is 25.1 Å². The molecule has 1 aliphatic rings. The van der Waals surface area contributed by atoms with Gasteiger partial charge in [-0.1, -0.05) is 30.3 Å². The summed E-state index contributed by atoms with van der Waals surface area (Å²) in [4.78, 5) is 25.0. The fourth-order valence-corrected chi connectivity index (χ4v) is 2.96. The maximum absolute atomic E-state index is 12.6. The molecule has 2 N–H and O–H groups in total. The van der Waals surface area contributed by atoms with Crippen LogP contribution < -0.4 is 10.6 Å². The average molecular weight is 340 g/mol. The van der Waals surface area contributed by atoms with Crippen molar-refractivity contribution < 1.29 is 4.79 Å². The van der Waals surface area contributed by atoms with Gasteiger partial charge in [0.15, 0.2) is 0 Å². The molecule has 2 aromatic rings. The van der Waals surface area contributed by atoms with Crippen LogP contribution in [0.4, 0.5) is 10.7 Å². The van der Waals surface area contributed by atoms with Crippen molar-refractivity contribution in [1.29, 1.82) is 0 Å². The van der Waals surface area contributed by atoms with E-state index in [1.165, 1.54) is 5.56 Å². The third-order valence-electron chi connectivity index (χ3n) is 4.28. The molecule has 1 aromatic heterocycles. The van der Waals surface area contributed by atoms with Gasteiger partial charge in [-0.25, -0.2) is 14.8 Å². The molecule has 1 aliphatic heterocycles. The molecule has 2 amide bonds. The normalized spacial score (nSPS) is 18.0. The lowest BCUT2D eigenvalue weighted by molar-refractivity contribution is 0.109. The van der Waals surface area contributed by atoms with Crippen LogP contribution in [0.15, 0.2) is 48.8 Å². The molecule has 1 fully saturated rings. The molecule has 2 heterocycles. The summed E-state index contributed by atoms with van der Waals surface area (Å²) in [6.45, 7) is 3.54. The Bertz CT molecular complexity index is 666. The van der Waals surface area contributed by atoms with E-state index < -0.39 is 0 Å². The van der Waals surface area contributed by atoms with Gasteiger partial charge in [-0.15, -0.1) is 0 Å². The Labute approximate surface area is 148 Å². The van der Waals surface area contributed by atoms with E-state index in [0.717, 1.165) is 19.6 Å². The highest BCUT2D eigenvalue weighted by molar-refractivity contribution is 5.75. The Morgan fingerprint density at radius 3 is 2.64 bits per heavy atom. The summed E-state index contributed by atoms with van der Waals surface area (Å²) in [6.07, 6.45) is 3.37. The van der Waals surface area contributed by atoms with Crippen molar-refractivity contribution in [3.05, 3.63) is 54.4 Å². The summed E-state index contributed by atoms with van der Waals surface area (Å²) in [7, 11) is 2.09. The predicted molar refractivity (Wildman–Crippen MR) is 97.3 cm³/mol. The van der Waals surface area contributed by atoms with Crippen LogP contribution in [0.5, 0.6) is 0 Å². The summed E-state index contributed by atoms with van der Waals surface area (Å²) in [5.41, 5.74) is 1.17. The molecule has 1 saturated heterocycles. The zero-order chi connectivity index (χ0) is 17.5. The van der Waals surface area contributed by atoms with Crippen molar-refractivity contribution >= 4 is 12.0 Å². The van der Waals surface area contributed by atoms with Gasteiger partial charge in [0.2, 0.25) is 5.95 Å². The van der Waals surface area contributed by atoms with Gasteiger partial charge in [0.1, 0.15) is 0 Å². The molecule has 7 nitrogen and oxygen atoms in total. The standard InChI is InChI=1S/C18H24N6O/c1-23-12-13-24(16(14-23)15-6-3-2-4-7-15)18(25)22-11-10-21-17-19-8-5-9-20-17/h2-9,16H,10-14H2,1H3,(H,22,25)(H,19,20,21). The van der Waals surface area contributed by atoms with E-state index in [4.69, 9.17) is 0 Å². The van der Waals surface area contributed by atoms with Crippen molar-refractivity contribution in [2.24, 2.45) is 0 Å². The van der Waals surface area contributed by atoms with Gasteiger partial charge >= 0.3 is 6.03 Å². The summed E-state index contributed by atoms with van der Waals surface area (Å²) in [5, 5.41) is 6.08. The quantitative estimate of drug-likeness (QED) is 0.809. The van der Waals surface area contributed by atoms with Crippen LogP contribution in [-0.2, 0) is 0 Å². The number of urea groups is 1. The zero-order valence-electron chi connectivity index (χ0n) is 14.4. The van der Waals surface area contributed by atoms with Gasteiger partial charge in [0.05, 0.1) is 6.04 Å². The van der Waals surface area contributed by atoms with Gasteiger partial charge in [-0.2, -0.15) is 0 Å². The number of carbonyl (C=O) groups is 1. The molecule has 7 heteroatoms. The molecule has 3 rings (SSSR count). The van der Waals surface area contributed by atoms with Gasteiger partial charge in [0.25, 0.3) is 0 Å². The van der Waals surface area contributed by atoms with E-state index in [9.17, 15) is 4.79 Å². The number of anilines is 1. The van der Waals surface area contributed by atoms with E-state index in [1.807, 2.05) is 23.1 Å². The van der Waals surface area contributed by atoms with Gasteiger partial charge < -0.3 is 20.4 Å². The lowest BCUT2D eigenvalue weighted by atomic mass is 10.0. The Kier molecular flexibility index (Phi) is 5.79. The largest absolute Gasteiger partial charge is 0.352 e. The third kappa shape index (κ3) is 4.67. The van der Waals surface area contributed by atoms with Crippen LogP contribution in [0.25, 0.3) is 0 Å². The molecular formula is C18H24N6O. The van der Waals surface area contributed by atoms with Crippen molar-refractivity contribution in [2.75, 3.05) is 45.1 Å². The summed E-state index contributed by atoms with van der Waals surface area (Å²) in [6, 6.07) is 12.0. The van der Waals surface area contributed by atoms with E-state index in [2.05, 4.69) is 44.7 Å². The number of amides is 2. The highest BCUT2D eigenvalue weighted by atomic mass is 16.2. The lowest BCUT2D eigenvalue weighted by Crippen LogP contribution is -2.52. The Balaban J connectivity index is 1.54. The molecule has 1 atom stereocenters. The number of nitrogens with one attached hydrogen (secondary N) is 2. The molecule has 1 aromatic carbocycles. The second-order valence-electron chi connectivity index (χ2n) is 6.11. The molecule has 1 unspecified atom stereocenters. The Morgan fingerprint density at radius 1 is 1.12 bits per heavy atom. The zero-order valence-corrected chi connectivity index (χ0v) is 14.4. The highest BCUT2D eigenvalue weighted by Gasteiger charge is 2.29. The first kappa shape index (κ1) is 17.2. The highest BCUT2D eigenvalue weighted by Crippen LogP contribution is 2.24. The monoisotopic (exact) mass is 340 g/mol. The van der Waals surface area contributed by atoms with Crippen LogP contribution in [-0.4, -0.2) is 65.6 Å². The maximum atomic E-state index is 12.6. The smallest absolute Gasteiger partial charge is 0.318 e. The first-order chi connectivity index (χ1) is 12.2. The molecule has 0 saturated carbocycles. The number of carbonyl (C=O) groups excluding carboxylic acids is 1. The van der Waals surface area contributed by atoms with E-state index in [0.29, 0.717) is 19.0 Å². The molecule has 25 heavy (non-hydrogen) atoms. The lowest BCUT2D eigenvalue weighted by Gasteiger charge is -2.40. The van der Waals surface area contributed by atoms with Gasteiger partial charge in [0, 0.05) is 45.1 Å². The molecule has 0 aliphatic carbocycles. The summed E-state index contributed by atoms with van der Waals surface area (Å²) < 4.78 is 0. The average Bonchev–Trinajstić information content (AvgIpc) is 2.66. The first-order valence-electron chi connectivity index (χ1n) is 8.53. The van der Waals surface area contributed by atoms with Crippen LogP contribution in [0.2, 0.25) is 0 Å². The third-order valence-corrected chi connectivity index (χ3v) is 4.28. The number of hydrogen-bond acceptors (Lipinski definition) is 5. The fraction of sp³-hybridized carbons (Fsp3) is 0.389. The van der Waals surface area contributed by atoms with Crippen molar-refractivity contribution in [3.63, 3.8) is 0 Å². The fourth-order valence-electron chi connectivity index (χ4n) is 2.96. The van der Waals surface area contributed by atoms with E-state index >= 15 is 0 Å². The minimum atomic E-state index is -0.0299. The van der Waals surface area contributed by atoms with Crippen LogP contribution in [0.1, 0.15) is 11.6 Å². The minimum absolute atomic E-state index is 0.0299. The number of benzene rings is 1. The molecule has 132 valence electrons. The van der Waals surface area contributed by atoms with E-state index in [1.54, 1.807) is 18.5 Å². The second-order valence-corrected chi connectivity index (χ2v) is 6.11. The van der Waals surface area contributed by atoms with E-state index in [-0.39, 0.29) is 12.1 Å². The van der Waals surface area contributed by atoms with Gasteiger partial charge in [-0.05, 0) is 18.7 Å². The number of nitrogens with zero attached hydrogens (tertiary/aromatic N) is 4. The molecule has 0 radical (unpaired) electrons. The Morgan fingerprint density at radius 2 is 1.88 bits per heavy atom. The number of piperazine rings is 1. The van der Waals surface area contributed by atoms with Crippen LogP contribution in [0, 0.1) is 0 Å². The van der Waals surface area contributed by atoms with Crippen molar-refractivity contribution in [3.8, 4) is 0 Å². The summed E-state index contributed by atoms with van der Waals surface area (Å²) in [5.74, 6) is 0.568. The number of likely N-dealkylation sites (N-methyl/N-ethyl adjacent to an activating group) is 1. The van der Waals surface area contributed by atoms with Crippen LogP contribution in [0.3, 0.4) is 0 Å². The predicted octanol–water partition coefficient (Wildman–Crippen LogP) is 1.59. The van der Waals surface area contributed by atoms with Crippen LogP contribution >= 0.6 is 0 Å². The number of rotatable bonds is 5. The van der Waals surface area contributed by atoms with Crippen molar-refractivity contribution in [2.45, 2.75) is 6.04 Å². The Hall–Kier alpha value is -2.67. The topological polar surface area (TPSA) is 73.4 Å². The second kappa shape index (κ2) is 8.43. The SMILES string of the molecule is CN1CCN(C(=O)NCCNc2ncccn2)C(c2ccccc2)C1. The molecular weight excluding hydrogens is 316 g/mol. The summed E-state index contributed by atoms with van der Waals surface area (Å²) >= 11 is 0. The number of hydrogen-bond donors (Lipinski definition) is 2. The van der Waals surface area contributed by atoms with Gasteiger partial charge in [-0.3, -0.25) is 0 Å². The molecule has 0 spiro atoms. The maximum Gasteiger partial charge on any atom is 0.318 e. The molecule has 0 bridgehead atoms. The minimum Gasteiger partial charge on any atom is -0.352 e. The first-order valence-corrected chi connectivity index (χ1v) is 8.53. The number of aromatic nitrogens is 2.